The molecule has 33 heavy (non-hydrogen) atoms. The number of hydrogen-bond donors (Lipinski definition) is 3. The van der Waals surface area contributed by atoms with Gasteiger partial charge in [0.15, 0.2) is 5.82 Å². The lowest BCUT2D eigenvalue weighted by Gasteiger charge is -2.31. The minimum Gasteiger partial charge on any atom is -0.507 e. The summed E-state index contributed by atoms with van der Waals surface area (Å²) in [6, 6.07) is 1.53. The molecular formula is C23H26F3N3O4. The summed E-state index contributed by atoms with van der Waals surface area (Å²) in [4.78, 5) is 0. The van der Waals surface area contributed by atoms with Crippen LogP contribution in [0.4, 0.5) is 19.0 Å². The zero-order chi connectivity index (χ0) is 23.4. The first kappa shape index (κ1) is 22.4. The molecule has 3 N–H and O–H groups in total. The zero-order valence-electron chi connectivity index (χ0n) is 18.2. The second-order valence-electron chi connectivity index (χ2n) is 9.12. The van der Waals surface area contributed by atoms with E-state index in [1.807, 2.05) is 0 Å². The summed E-state index contributed by atoms with van der Waals surface area (Å²) in [5.41, 5.74) is 0.501. The summed E-state index contributed by atoms with van der Waals surface area (Å²) in [5.74, 6) is -0.0161. The summed E-state index contributed by atoms with van der Waals surface area (Å²) in [6.07, 6.45) is -1.02. The Morgan fingerprint density at radius 2 is 1.97 bits per heavy atom. The van der Waals surface area contributed by atoms with Crippen LogP contribution < -0.4 is 5.32 Å². The largest absolute Gasteiger partial charge is 0.507 e. The summed E-state index contributed by atoms with van der Waals surface area (Å²) in [5, 5.41) is 33.1. The van der Waals surface area contributed by atoms with E-state index in [0.717, 1.165) is 30.9 Å². The number of halogens is 3. The number of nitrogens with zero attached hydrogens (tertiary/aromatic N) is 2. The van der Waals surface area contributed by atoms with Gasteiger partial charge in [0.25, 0.3) is 0 Å². The quantitative estimate of drug-likeness (QED) is 0.630. The molecule has 1 spiro atoms. The molecule has 3 heterocycles. The maximum atomic E-state index is 13.2. The molecule has 1 unspecified atom stereocenters. The van der Waals surface area contributed by atoms with Crippen LogP contribution >= 0.6 is 0 Å². The molecule has 2 aliphatic heterocycles. The van der Waals surface area contributed by atoms with E-state index < -0.39 is 29.2 Å². The predicted octanol–water partition coefficient (Wildman–Crippen LogP) is 4.04. The number of rotatable bonds is 3. The summed E-state index contributed by atoms with van der Waals surface area (Å²) >= 11 is 0. The molecule has 5 rings (SSSR count). The highest BCUT2D eigenvalue weighted by Gasteiger charge is 2.48. The number of phenols is 1. The SMILES string of the molecule is Cc1cc(C(F)(F)F)cc(O)c1-c1nnc(N[C@@H]2CCCC[C@H]2O)c2c1COC21CCOC1. The van der Waals surface area contributed by atoms with Crippen LogP contribution in [0.3, 0.4) is 0 Å². The van der Waals surface area contributed by atoms with Gasteiger partial charge in [0.05, 0.1) is 30.9 Å². The third kappa shape index (κ3) is 3.83. The average Bonchev–Trinajstić information content (AvgIpc) is 3.38. The second kappa shape index (κ2) is 8.11. The molecule has 10 heteroatoms. The van der Waals surface area contributed by atoms with Gasteiger partial charge < -0.3 is 25.0 Å². The van der Waals surface area contributed by atoms with E-state index in [1.165, 1.54) is 6.92 Å². The van der Waals surface area contributed by atoms with E-state index in [2.05, 4.69) is 15.5 Å². The molecule has 0 radical (unpaired) electrons. The van der Waals surface area contributed by atoms with E-state index in [1.54, 1.807) is 0 Å². The van der Waals surface area contributed by atoms with Gasteiger partial charge in [-0.05, 0) is 37.5 Å². The molecule has 178 valence electrons. The first-order valence-corrected chi connectivity index (χ1v) is 11.2. The van der Waals surface area contributed by atoms with Crippen LogP contribution in [0.15, 0.2) is 12.1 Å². The number of nitrogens with one attached hydrogen (secondary N) is 1. The maximum absolute atomic E-state index is 13.2. The summed E-state index contributed by atoms with van der Waals surface area (Å²) in [7, 11) is 0. The van der Waals surface area contributed by atoms with Crippen molar-refractivity contribution in [3.05, 3.63) is 34.4 Å². The van der Waals surface area contributed by atoms with Crippen LogP contribution in [0.2, 0.25) is 0 Å². The minimum atomic E-state index is -4.57. The third-order valence-electron chi connectivity index (χ3n) is 6.94. The fourth-order valence-electron chi connectivity index (χ4n) is 5.24. The molecule has 7 nitrogen and oxygen atoms in total. The number of phenolic OH excluding ortho intramolecular Hbond substituents is 1. The van der Waals surface area contributed by atoms with Crippen LogP contribution in [0, 0.1) is 6.92 Å². The molecule has 1 aromatic carbocycles. The zero-order valence-corrected chi connectivity index (χ0v) is 18.2. The van der Waals surface area contributed by atoms with Crippen molar-refractivity contribution in [2.24, 2.45) is 0 Å². The lowest BCUT2D eigenvalue weighted by molar-refractivity contribution is -0.137. The Labute approximate surface area is 188 Å². The number of aliphatic hydroxyl groups is 1. The third-order valence-corrected chi connectivity index (χ3v) is 6.94. The lowest BCUT2D eigenvalue weighted by Crippen LogP contribution is -2.38. The van der Waals surface area contributed by atoms with E-state index in [4.69, 9.17) is 9.47 Å². The number of aryl methyl sites for hydroxylation is 1. The molecule has 3 aliphatic rings. The second-order valence-corrected chi connectivity index (χ2v) is 9.12. The highest BCUT2D eigenvalue weighted by molar-refractivity contribution is 5.77. The molecule has 0 amide bonds. The van der Waals surface area contributed by atoms with E-state index >= 15 is 0 Å². The van der Waals surface area contributed by atoms with Crippen molar-refractivity contribution >= 4 is 5.82 Å². The van der Waals surface area contributed by atoms with Crippen LogP contribution in [0.5, 0.6) is 5.75 Å². The normalized spacial score (nSPS) is 27.2. The van der Waals surface area contributed by atoms with Gasteiger partial charge >= 0.3 is 6.18 Å². The first-order valence-electron chi connectivity index (χ1n) is 11.2. The number of hydrogen-bond acceptors (Lipinski definition) is 7. The van der Waals surface area contributed by atoms with E-state index in [9.17, 15) is 23.4 Å². The van der Waals surface area contributed by atoms with Crippen molar-refractivity contribution in [1.29, 1.82) is 0 Å². The molecule has 2 fully saturated rings. The van der Waals surface area contributed by atoms with Crippen molar-refractivity contribution in [2.45, 2.75) is 69.6 Å². The number of anilines is 1. The smallest absolute Gasteiger partial charge is 0.416 e. The molecule has 1 aliphatic carbocycles. The molecule has 1 saturated carbocycles. The van der Waals surface area contributed by atoms with Crippen LogP contribution in [0.25, 0.3) is 11.3 Å². The Morgan fingerprint density at radius 3 is 2.64 bits per heavy atom. The molecule has 1 aromatic heterocycles. The number of ether oxygens (including phenoxy) is 2. The van der Waals surface area contributed by atoms with Gasteiger partial charge in [-0.15, -0.1) is 10.2 Å². The Morgan fingerprint density at radius 1 is 1.18 bits per heavy atom. The number of benzene rings is 1. The maximum Gasteiger partial charge on any atom is 0.416 e. The van der Waals surface area contributed by atoms with Crippen LogP contribution in [0.1, 0.15) is 54.4 Å². The number of aliphatic hydroxyl groups excluding tert-OH is 1. The van der Waals surface area contributed by atoms with E-state index in [-0.39, 0.29) is 23.8 Å². The van der Waals surface area contributed by atoms with Gasteiger partial charge in [0.1, 0.15) is 17.0 Å². The van der Waals surface area contributed by atoms with Gasteiger partial charge in [0, 0.05) is 29.7 Å². The Balaban J connectivity index is 1.62. The molecule has 3 atom stereocenters. The number of aromatic nitrogens is 2. The Bertz CT molecular complexity index is 1050. The van der Waals surface area contributed by atoms with Crippen LogP contribution in [-0.2, 0) is 27.9 Å². The van der Waals surface area contributed by atoms with Crippen molar-refractivity contribution in [1.82, 2.24) is 10.2 Å². The van der Waals surface area contributed by atoms with Crippen molar-refractivity contribution in [3.63, 3.8) is 0 Å². The van der Waals surface area contributed by atoms with Gasteiger partial charge in [-0.2, -0.15) is 13.2 Å². The fraction of sp³-hybridized carbons (Fsp3) is 0.565. The standard InChI is InChI=1S/C23H26F3N3O4/c1-12-8-13(23(24,25)26)9-17(31)18(12)20-14-10-33-22(6-7-32-11-22)19(14)21(29-28-20)27-15-4-2-3-5-16(15)30/h8-9,15-16,30-31H,2-7,10-11H2,1H3,(H,27,29)/t15-,16-,22?/m1/s1. The molecule has 2 aromatic rings. The van der Waals surface area contributed by atoms with Gasteiger partial charge in [-0.3, -0.25) is 0 Å². The monoisotopic (exact) mass is 465 g/mol. The van der Waals surface area contributed by atoms with Gasteiger partial charge in [-0.1, -0.05) is 12.8 Å². The number of alkyl halides is 3. The van der Waals surface area contributed by atoms with Crippen molar-refractivity contribution in [3.8, 4) is 17.0 Å². The lowest BCUT2D eigenvalue weighted by atomic mass is 9.88. The first-order chi connectivity index (χ1) is 15.7. The predicted molar refractivity (Wildman–Crippen MR) is 113 cm³/mol. The summed E-state index contributed by atoms with van der Waals surface area (Å²) in [6.45, 7) is 2.51. The highest BCUT2D eigenvalue weighted by Crippen LogP contribution is 2.49. The molecular weight excluding hydrogens is 439 g/mol. The Hall–Kier alpha value is -2.43. The minimum absolute atomic E-state index is 0.172. The Kier molecular flexibility index (Phi) is 5.49. The fourth-order valence-corrected chi connectivity index (χ4v) is 5.24. The van der Waals surface area contributed by atoms with E-state index in [0.29, 0.717) is 49.2 Å². The van der Waals surface area contributed by atoms with Gasteiger partial charge in [0.2, 0.25) is 0 Å². The molecule has 1 saturated heterocycles. The van der Waals surface area contributed by atoms with Gasteiger partial charge in [-0.25, -0.2) is 0 Å². The van der Waals surface area contributed by atoms with Crippen molar-refractivity contribution in [2.75, 3.05) is 18.5 Å². The highest BCUT2D eigenvalue weighted by atomic mass is 19.4. The topological polar surface area (TPSA) is 96.7 Å². The molecule has 0 bridgehead atoms. The summed E-state index contributed by atoms with van der Waals surface area (Å²) < 4.78 is 51.4. The van der Waals surface area contributed by atoms with Crippen LogP contribution in [-0.4, -0.2) is 45.8 Å². The average molecular weight is 465 g/mol. The van der Waals surface area contributed by atoms with Crippen molar-refractivity contribution < 1.29 is 32.9 Å². The number of aromatic hydroxyl groups is 1. The number of fused-ring (bicyclic) bond motifs is 2.